The zero-order valence-electron chi connectivity index (χ0n) is 12.7. The van der Waals surface area contributed by atoms with E-state index < -0.39 is 6.04 Å². The number of aromatic nitrogens is 1. The molecule has 23 heavy (non-hydrogen) atoms. The summed E-state index contributed by atoms with van der Waals surface area (Å²) in [5.74, 6) is -0.0219. The summed E-state index contributed by atoms with van der Waals surface area (Å²) in [5.41, 5.74) is 7.20. The van der Waals surface area contributed by atoms with Crippen molar-refractivity contribution < 1.29 is 9.18 Å². The highest BCUT2D eigenvalue weighted by Gasteiger charge is 2.30. The molecular formula is C16H19ClFN3OS. The Hall–Kier alpha value is -1.50. The van der Waals surface area contributed by atoms with Gasteiger partial charge in [0.05, 0.1) is 11.7 Å². The minimum atomic E-state index is -0.580. The van der Waals surface area contributed by atoms with E-state index in [1.165, 1.54) is 17.4 Å². The van der Waals surface area contributed by atoms with Crippen molar-refractivity contribution in [2.75, 3.05) is 5.32 Å². The Labute approximate surface area is 144 Å². The Morgan fingerprint density at radius 2 is 2.17 bits per heavy atom. The molecule has 1 amide bonds. The molecule has 1 heterocycles. The number of nitrogens with two attached hydrogens (primary N) is 1. The van der Waals surface area contributed by atoms with Crippen molar-refractivity contribution in [3.8, 4) is 0 Å². The van der Waals surface area contributed by atoms with Gasteiger partial charge in [0.15, 0.2) is 5.13 Å². The van der Waals surface area contributed by atoms with Crippen LogP contribution in [0, 0.1) is 5.82 Å². The van der Waals surface area contributed by atoms with E-state index in [0.717, 1.165) is 23.4 Å². The molecule has 3 rings (SSSR count). The Morgan fingerprint density at radius 1 is 1.48 bits per heavy atom. The van der Waals surface area contributed by atoms with Crippen molar-refractivity contribution in [3.63, 3.8) is 0 Å². The fraction of sp³-hybridized carbons (Fsp3) is 0.375. The van der Waals surface area contributed by atoms with Crippen LogP contribution in [0.1, 0.15) is 41.8 Å². The van der Waals surface area contributed by atoms with Crippen LogP contribution < -0.4 is 11.1 Å². The second-order valence-electron chi connectivity index (χ2n) is 5.65. The smallest absolute Gasteiger partial charge is 0.242 e. The highest BCUT2D eigenvalue weighted by atomic mass is 35.5. The average Bonchev–Trinajstić information content (AvgIpc) is 3.24. The standard InChI is InChI=1S/C16H18FN3OS.ClH/c1-9(18)15(21)20-16-19-14(10-6-7-10)13(22-16)8-11-4-2-3-5-12(11)17;/h2-5,9-10H,6-8,18H2,1H3,(H,19,20,21);1H/t9-;/m1./s1. The topological polar surface area (TPSA) is 68.0 Å². The molecule has 0 bridgehead atoms. The normalized spacial score (nSPS) is 14.9. The molecule has 1 aromatic carbocycles. The summed E-state index contributed by atoms with van der Waals surface area (Å²) in [5, 5.41) is 3.29. The Kier molecular flexibility index (Phi) is 5.73. The SMILES string of the molecule is C[C@@H](N)C(=O)Nc1nc(C2CC2)c(Cc2ccccc2F)s1.Cl. The number of halogens is 2. The van der Waals surface area contributed by atoms with Crippen LogP contribution >= 0.6 is 23.7 Å². The first-order chi connectivity index (χ1) is 10.5. The number of hydrogen-bond donors (Lipinski definition) is 2. The molecule has 3 N–H and O–H groups in total. The molecule has 7 heteroatoms. The highest BCUT2D eigenvalue weighted by molar-refractivity contribution is 7.15. The molecule has 2 aromatic rings. The number of amides is 1. The van der Waals surface area contributed by atoms with Gasteiger partial charge in [0, 0.05) is 17.2 Å². The average molecular weight is 356 g/mol. The maximum absolute atomic E-state index is 13.8. The molecule has 4 nitrogen and oxygen atoms in total. The van der Waals surface area contributed by atoms with Gasteiger partial charge in [-0.3, -0.25) is 4.79 Å². The third-order valence-corrected chi connectivity index (χ3v) is 4.63. The summed E-state index contributed by atoms with van der Waals surface area (Å²) < 4.78 is 13.8. The van der Waals surface area contributed by atoms with Crippen molar-refractivity contribution in [3.05, 3.63) is 46.2 Å². The molecule has 1 aliphatic rings. The number of carbonyl (C=O) groups is 1. The van der Waals surface area contributed by atoms with Gasteiger partial charge in [-0.05, 0) is 31.4 Å². The molecule has 0 unspecified atom stereocenters. The quantitative estimate of drug-likeness (QED) is 0.863. The van der Waals surface area contributed by atoms with Crippen LogP contribution in [0.2, 0.25) is 0 Å². The van der Waals surface area contributed by atoms with Gasteiger partial charge in [0.1, 0.15) is 5.82 Å². The zero-order valence-corrected chi connectivity index (χ0v) is 14.3. The van der Waals surface area contributed by atoms with Crippen molar-refractivity contribution in [2.45, 2.75) is 38.1 Å². The van der Waals surface area contributed by atoms with E-state index in [4.69, 9.17) is 5.73 Å². The summed E-state index contributed by atoms with van der Waals surface area (Å²) >= 11 is 1.41. The van der Waals surface area contributed by atoms with Crippen LogP contribution in [0.5, 0.6) is 0 Å². The fourth-order valence-electron chi connectivity index (χ4n) is 2.25. The Morgan fingerprint density at radius 3 is 2.78 bits per heavy atom. The van der Waals surface area contributed by atoms with E-state index in [1.807, 2.05) is 6.07 Å². The summed E-state index contributed by atoms with van der Waals surface area (Å²) in [4.78, 5) is 17.3. The van der Waals surface area contributed by atoms with Crippen LogP contribution in [0.15, 0.2) is 24.3 Å². The highest BCUT2D eigenvalue weighted by Crippen LogP contribution is 2.44. The molecule has 0 spiro atoms. The monoisotopic (exact) mass is 355 g/mol. The Bertz CT molecular complexity index is 700. The predicted molar refractivity (Wildman–Crippen MR) is 92.8 cm³/mol. The first-order valence-electron chi connectivity index (χ1n) is 7.34. The van der Waals surface area contributed by atoms with Crippen LogP contribution in [0.4, 0.5) is 9.52 Å². The van der Waals surface area contributed by atoms with Crippen molar-refractivity contribution in [1.29, 1.82) is 0 Å². The van der Waals surface area contributed by atoms with Gasteiger partial charge >= 0.3 is 0 Å². The number of rotatable bonds is 5. The second kappa shape index (κ2) is 7.38. The molecule has 0 aliphatic heterocycles. The summed E-state index contributed by atoms with van der Waals surface area (Å²) in [7, 11) is 0. The van der Waals surface area contributed by atoms with Gasteiger partial charge < -0.3 is 11.1 Å². The lowest BCUT2D eigenvalue weighted by Gasteiger charge is -2.03. The second-order valence-corrected chi connectivity index (χ2v) is 6.73. The lowest BCUT2D eigenvalue weighted by Crippen LogP contribution is -2.32. The summed E-state index contributed by atoms with van der Waals surface area (Å²) in [6, 6.07) is 6.18. The van der Waals surface area contributed by atoms with Crippen molar-refractivity contribution in [2.24, 2.45) is 5.73 Å². The molecule has 1 aromatic heterocycles. The molecule has 1 saturated carbocycles. The summed E-state index contributed by atoms with van der Waals surface area (Å²) in [6.45, 7) is 1.63. The van der Waals surface area contributed by atoms with Gasteiger partial charge in [0.25, 0.3) is 0 Å². The number of nitrogens with one attached hydrogen (secondary N) is 1. The van der Waals surface area contributed by atoms with Crippen LogP contribution in [-0.2, 0) is 11.2 Å². The van der Waals surface area contributed by atoms with Crippen LogP contribution in [0.3, 0.4) is 0 Å². The maximum atomic E-state index is 13.8. The molecule has 0 saturated heterocycles. The molecule has 1 aliphatic carbocycles. The number of anilines is 1. The number of benzene rings is 1. The third-order valence-electron chi connectivity index (χ3n) is 3.64. The first kappa shape index (κ1) is 17.8. The number of carbonyl (C=O) groups excluding carboxylic acids is 1. The van der Waals surface area contributed by atoms with Crippen molar-refractivity contribution >= 4 is 34.8 Å². The maximum Gasteiger partial charge on any atom is 0.242 e. The Balaban J connectivity index is 0.00000192. The van der Waals surface area contributed by atoms with Gasteiger partial charge in [-0.2, -0.15) is 0 Å². The number of nitrogens with zero attached hydrogens (tertiary/aromatic N) is 1. The predicted octanol–water partition coefficient (Wildman–Crippen LogP) is 3.46. The van der Waals surface area contributed by atoms with Gasteiger partial charge in [-0.1, -0.05) is 18.2 Å². The molecule has 124 valence electrons. The van der Waals surface area contributed by atoms with E-state index >= 15 is 0 Å². The van der Waals surface area contributed by atoms with Gasteiger partial charge in [-0.15, -0.1) is 23.7 Å². The molecule has 1 fully saturated rings. The van der Waals surface area contributed by atoms with Gasteiger partial charge in [-0.25, -0.2) is 9.37 Å². The van der Waals surface area contributed by atoms with Crippen LogP contribution in [-0.4, -0.2) is 16.9 Å². The van der Waals surface area contributed by atoms with E-state index in [-0.39, 0.29) is 24.1 Å². The number of hydrogen-bond acceptors (Lipinski definition) is 4. The van der Waals surface area contributed by atoms with E-state index in [9.17, 15) is 9.18 Å². The van der Waals surface area contributed by atoms with Crippen molar-refractivity contribution in [1.82, 2.24) is 4.98 Å². The molecule has 1 atom stereocenters. The fourth-order valence-corrected chi connectivity index (χ4v) is 3.33. The lowest BCUT2D eigenvalue weighted by atomic mass is 10.1. The third kappa shape index (κ3) is 4.28. The first-order valence-corrected chi connectivity index (χ1v) is 8.15. The summed E-state index contributed by atoms with van der Waals surface area (Å²) in [6.07, 6.45) is 2.72. The zero-order chi connectivity index (χ0) is 15.7. The minimum absolute atomic E-state index is 0. The van der Waals surface area contributed by atoms with E-state index in [0.29, 0.717) is 23.0 Å². The number of thiazole rings is 1. The van der Waals surface area contributed by atoms with Crippen LogP contribution in [0.25, 0.3) is 0 Å². The minimum Gasteiger partial charge on any atom is -0.320 e. The molecule has 0 radical (unpaired) electrons. The molecular weight excluding hydrogens is 337 g/mol. The van der Waals surface area contributed by atoms with E-state index in [2.05, 4.69) is 10.3 Å². The lowest BCUT2D eigenvalue weighted by molar-refractivity contribution is -0.117. The largest absolute Gasteiger partial charge is 0.320 e. The van der Waals surface area contributed by atoms with E-state index in [1.54, 1.807) is 19.1 Å². The van der Waals surface area contributed by atoms with Gasteiger partial charge in [0.2, 0.25) is 5.91 Å².